The molecule has 3 rings (SSSR count). The Hall–Kier alpha value is -2.82. The molecule has 0 aliphatic carbocycles. The average molecular weight is 286 g/mol. The maximum Gasteiger partial charge on any atom is 0.232 e. The van der Waals surface area contributed by atoms with Crippen LogP contribution in [0.25, 0.3) is 6.08 Å². The van der Waals surface area contributed by atoms with E-state index in [4.69, 9.17) is 4.74 Å². The van der Waals surface area contributed by atoms with Crippen LogP contribution in [0.1, 0.15) is 21.5 Å². The lowest BCUT2D eigenvalue weighted by Crippen LogP contribution is -1.99. The average Bonchev–Trinajstić information content (AvgIpc) is 2.77. The number of hydrogen-bond donors (Lipinski definition) is 2. The molecule has 1 aliphatic rings. The van der Waals surface area contributed by atoms with E-state index >= 15 is 0 Å². The van der Waals surface area contributed by atoms with E-state index in [1.54, 1.807) is 13.0 Å². The van der Waals surface area contributed by atoms with Crippen molar-refractivity contribution < 1.29 is 24.1 Å². The van der Waals surface area contributed by atoms with E-state index in [-0.39, 0.29) is 28.6 Å². The van der Waals surface area contributed by atoms with Gasteiger partial charge in [-0.2, -0.15) is 0 Å². The van der Waals surface area contributed by atoms with Crippen molar-refractivity contribution in [3.63, 3.8) is 0 Å². The Kier molecular flexibility index (Phi) is 2.90. The number of benzene rings is 2. The van der Waals surface area contributed by atoms with Crippen LogP contribution in [0, 0.1) is 12.7 Å². The molecule has 2 aromatic rings. The number of halogens is 1. The second kappa shape index (κ2) is 4.63. The number of phenols is 2. The molecule has 0 bridgehead atoms. The summed E-state index contributed by atoms with van der Waals surface area (Å²) in [6.07, 6.45) is 1.41. The molecule has 0 amide bonds. The van der Waals surface area contributed by atoms with Crippen LogP contribution in [0.4, 0.5) is 4.39 Å². The predicted octanol–water partition coefficient (Wildman–Crippen LogP) is 3.16. The fraction of sp³-hybridized carbons (Fsp3) is 0.0625. The molecular weight excluding hydrogens is 275 g/mol. The van der Waals surface area contributed by atoms with E-state index in [0.717, 1.165) is 0 Å². The van der Waals surface area contributed by atoms with Crippen molar-refractivity contribution in [2.45, 2.75) is 6.92 Å². The summed E-state index contributed by atoms with van der Waals surface area (Å²) in [5.74, 6) is -1.78. The molecule has 1 heterocycles. The minimum atomic E-state index is -0.486. The number of hydrogen-bond acceptors (Lipinski definition) is 4. The minimum absolute atomic E-state index is 0.0281. The van der Waals surface area contributed by atoms with Crippen LogP contribution in [0.5, 0.6) is 17.2 Å². The van der Waals surface area contributed by atoms with Crippen LogP contribution in [-0.4, -0.2) is 16.0 Å². The number of ether oxygens (including phenoxy) is 1. The predicted molar refractivity (Wildman–Crippen MR) is 73.8 cm³/mol. The van der Waals surface area contributed by atoms with E-state index < -0.39 is 11.5 Å². The fourth-order valence-corrected chi connectivity index (χ4v) is 2.15. The number of carbonyl (C=O) groups is 1. The summed E-state index contributed by atoms with van der Waals surface area (Å²) in [5.41, 5.74) is 1.06. The summed E-state index contributed by atoms with van der Waals surface area (Å²) in [6.45, 7) is 1.59. The van der Waals surface area contributed by atoms with Crippen molar-refractivity contribution in [3.05, 3.63) is 58.6 Å². The third kappa shape index (κ3) is 2.03. The van der Waals surface area contributed by atoms with Crippen molar-refractivity contribution in [2.24, 2.45) is 0 Å². The number of fused-ring (bicyclic) bond motifs is 1. The summed E-state index contributed by atoms with van der Waals surface area (Å²) in [7, 11) is 0. The van der Waals surface area contributed by atoms with Crippen LogP contribution in [0.15, 0.2) is 36.1 Å². The Labute approximate surface area is 119 Å². The molecule has 106 valence electrons. The van der Waals surface area contributed by atoms with E-state index in [0.29, 0.717) is 11.1 Å². The van der Waals surface area contributed by atoms with Gasteiger partial charge in [-0.05, 0) is 42.3 Å². The quantitative estimate of drug-likeness (QED) is 0.624. The molecule has 0 radical (unpaired) electrons. The number of allylic oxidation sites excluding steroid dienone is 1. The van der Waals surface area contributed by atoms with Gasteiger partial charge in [0.25, 0.3) is 0 Å². The highest BCUT2D eigenvalue weighted by molar-refractivity contribution is 6.15. The molecular formula is C16H11FO4. The molecule has 4 nitrogen and oxygen atoms in total. The van der Waals surface area contributed by atoms with Gasteiger partial charge in [0.2, 0.25) is 11.5 Å². The highest BCUT2D eigenvalue weighted by atomic mass is 19.1. The van der Waals surface area contributed by atoms with Gasteiger partial charge in [0.1, 0.15) is 5.82 Å². The summed E-state index contributed by atoms with van der Waals surface area (Å²) in [5, 5.41) is 19.1. The molecule has 0 unspecified atom stereocenters. The number of carbonyl (C=O) groups excluding carboxylic acids is 1. The lowest BCUT2D eigenvalue weighted by Gasteiger charge is -2.04. The molecule has 0 saturated heterocycles. The zero-order valence-electron chi connectivity index (χ0n) is 11.1. The van der Waals surface area contributed by atoms with Gasteiger partial charge in [0.15, 0.2) is 17.3 Å². The first-order valence-electron chi connectivity index (χ1n) is 6.23. The molecule has 0 saturated carbocycles. The maximum absolute atomic E-state index is 13.5. The van der Waals surface area contributed by atoms with E-state index in [1.165, 1.54) is 30.3 Å². The van der Waals surface area contributed by atoms with Crippen LogP contribution >= 0.6 is 0 Å². The second-order valence-electron chi connectivity index (χ2n) is 4.70. The minimum Gasteiger partial charge on any atom is -0.504 e. The third-order valence-electron chi connectivity index (χ3n) is 3.39. The monoisotopic (exact) mass is 286 g/mol. The van der Waals surface area contributed by atoms with E-state index in [1.807, 2.05) is 0 Å². The number of phenolic OH excluding ortho intramolecular Hbond substituents is 2. The molecule has 5 heteroatoms. The molecule has 0 atom stereocenters. The Morgan fingerprint density at radius 1 is 1.19 bits per heavy atom. The first-order valence-corrected chi connectivity index (χ1v) is 6.23. The van der Waals surface area contributed by atoms with Crippen LogP contribution in [-0.2, 0) is 0 Å². The van der Waals surface area contributed by atoms with Gasteiger partial charge in [0, 0.05) is 0 Å². The lowest BCUT2D eigenvalue weighted by molar-refractivity contribution is 0.101. The Bertz CT molecular complexity index is 793. The molecule has 1 aliphatic heterocycles. The van der Waals surface area contributed by atoms with Crippen molar-refractivity contribution in [1.29, 1.82) is 0 Å². The van der Waals surface area contributed by atoms with Gasteiger partial charge in [0.05, 0.1) is 5.56 Å². The summed E-state index contributed by atoms with van der Waals surface area (Å²) >= 11 is 0. The summed E-state index contributed by atoms with van der Waals surface area (Å²) in [4.78, 5) is 12.2. The molecule has 2 N–H and O–H groups in total. The number of Topliss-reactive ketones (excluding diaryl/α,β-unsaturated/α-hetero) is 1. The number of rotatable bonds is 1. The standard InChI is InChI=1S/C16H11FO4/c1-8-9(3-2-4-11(8)17)7-13-14(19)10-5-6-12(18)15(20)16(10)21-13/h2-7,18,20H,1H3. The third-order valence-corrected chi connectivity index (χ3v) is 3.39. The number of ketones is 1. The van der Waals surface area contributed by atoms with E-state index in [2.05, 4.69) is 0 Å². The normalized spacial score (nSPS) is 15.1. The van der Waals surface area contributed by atoms with Crippen molar-refractivity contribution in [1.82, 2.24) is 0 Å². The molecule has 0 fully saturated rings. The maximum atomic E-state index is 13.5. The van der Waals surface area contributed by atoms with Crippen molar-refractivity contribution >= 4 is 11.9 Å². The highest BCUT2D eigenvalue weighted by Gasteiger charge is 2.31. The lowest BCUT2D eigenvalue weighted by atomic mass is 10.1. The Balaban J connectivity index is 2.07. The van der Waals surface area contributed by atoms with Gasteiger partial charge < -0.3 is 14.9 Å². The van der Waals surface area contributed by atoms with Gasteiger partial charge in [-0.3, -0.25) is 4.79 Å². The van der Waals surface area contributed by atoms with Crippen LogP contribution in [0.2, 0.25) is 0 Å². The Morgan fingerprint density at radius 3 is 2.71 bits per heavy atom. The van der Waals surface area contributed by atoms with Gasteiger partial charge in [-0.15, -0.1) is 0 Å². The first-order chi connectivity index (χ1) is 9.99. The smallest absolute Gasteiger partial charge is 0.232 e. The van der Waals surface area contributed by atoms with Crippen molar-refractivity contribution in [2.75, 3.05) is 0 Å². The largest absolute Gasteiger partial charge is 0.504 e. The Morgan fingerprint density at radius 2 is 1.95 bits per heavy atom. The molecule has 2 aromatic carbocycles. The van der Waals surface area contributed by atoms with Crippen LogP contribution < -0.4 is 4.74 Å². The van der Waals surface area contributed by atoms with Gasteiger partial charge >= 0.3 is 0 Å². The highest BCUT2D eigenvalue weighted by Crippen LogP contribution is 2.44. The van der Waals surface area contributed by atoms with Gasteiger partial charge in [-0.25, -0.2) is 4.39 Å². The fourth-order valence-electron chi connectivity index (χ4n) is 2.15. The van der Waals surface area contributed by atoms with E-state index in [9.17, 15) is 19.4 Å². The van der Waals surface area contributed by atoms with Crippen molar-refractivity contribution in [3.8, 4) is 17.2 Å². The SMILES string of the molecule is Cc1c(F)cccc1C=C1Oc2c(ccc(O)c2O)C1=O. The molecule has 0 spiro atoms. The topological polar surface area (TPSA) is 66.8 Å². The molecule has 0 aromatic heterocycles. The zero-order valence-corrected chi connectivity index (χ0v) is 11.1. The summed E-state index contributed by atoms with van der Waals surface area (Å²) in [6, 6.07) is 7.10. The first kappa shape index (κ1) is 13.2. The van der Waals surface area contributed by atoms with Gasteiger partial charge in [-0.1, -0.05) is 12.1 Å². The molecule has 21 heavy (non-hydrogen) atoms. The number of aromatic hydroxyl groups is 2. The summed E-state index contributed by atoms with van der Waals surface area (Å²) < 4.78 is 18.8. The zero-order chi connectivity index (χ0) is 15.1. The second-order valence-corrected chi connectivity index (χ2v) is 4.70. The van der Waals surface area contributed by atoms with Crippen LogP contribution in [0.3, 0.4) is 0 Å².